The van der Waals surface area contributed by atoms with Gasteiger partial charge in [-0.25, -0.2) is 0 Å². The van der Waals surface area contributed by atoms with Crippen molar-refractivity contribution in [1.82, 2.24) is 5.16 Å². The van der Waals surface area contributed by atoms with E-state index in [4.69, 9.17) is 10.3 Å². The van der Waals surface area contributed by atoms with Crippen molar-refractivity contribution in [3.8, 4) is 0 Å². The van der Waals surface area contributed by atoms with Crippen LogP contribution in [0.2, 0.25) is 0 Å². The van der Waals surface area contributed by atoms with Gasteiger partial charge in [0.05, 0.1) is 5.69 Å². The molecule has 0 aliphatic carbocycles. The molecule has 1 atom stereocenters. The second-order valence-electron chi connectivity index (χ2n) is 5.21. The van der Waals surface area contributed by atoms with Gasteiger partial charge in [0.25, 0.3) is 0 Å². The smallest absolute Gasteiger partial charge is 0.234 e. The van der Waals surface area contributed by atoms with E-state index >= 15 is 0 Å². The van der Waals surface area contributed by atoms with Gasteiger partial charge in [0.1, 0.15) is 0 Å². The maximum absolute atomic E-state index is 11.9. The Morgan fingerprint density at radius 2 is 2.11 bits per heavy atom. The Bertz CT molecular complexity index is 399. The lowest BCUT2D eigenvalue weighted by Crippen LogP contribution is -2.23. The summed E-state index contributed by atoms with van der Waals surface area (Å²) in [4.78, 5) is 11.9. The first-order valence-electron chi connectivity index (χ1n) is 6.36. The van der Waals surface area contributed by atoms with Crippen LogP contribution >= 0.6 is 0 Å². The van der Waals surface area contributed by atoms with Gasteiger partial charge in [0.2, 0.25) is 11.8 Å². The minimum absolute atomic E-state index is 0.0645. The van der Waals surface area contributed by atoms with Crippen LogP contribution in [0.15, 0.2) is 4.52 Å². The molecule has 18 heavy (non-hydrogen) atoms. The van der Waals surface area contributed by atoms with Crippen molar-refractivity contribution in [2.45, 2.75) is 40.5 Å². The van der Waals surface area contributed by atoms with E-state index in [1.54, 1.807) is 0 Å². The molecule has 102 valence electrons. The zero-order valence-electron chi connectivity index (χ0n) is 11.6. The van der Waals surface area contributed by atoms with Crippen LogP contribution in [0.5, 0.6) is 0 Å². The van der Waals surface area contributed by atoms with E-state index in [9.17, 15) is 4.79 Å². The molecule has 1 aromatic rings. The monoisotopic (exact) mass is 253 g/mol. The average Bonchev–Trinajstić information content (AvgIpc) is 2.59. The van der Waals surface area contributed by atoms with Gasteiger partial charge in [-0.15, -0.1) is 0 Å². The number of nitrogens with two attached hydrogens (primary N) is 1. The Morgan fingerprint density at radius 1 is 1.44 bits per heavy atom. The van der Waals surface area contributed by atoms with Gasteiger partial charge < -0.3 is 10.3 Å². The molecule has 3 N–H and O–H groups in total. The molecule has 1 heterocycles. The third kappa shape index (κ3) is 4.14. The molecule has 0 aromatic carbocycles. The lowest BCUT2D eigenvalue weighted by Gasteiger charge is -2.16. The number of rotatable bonds is 6. The molecule has 0 aliphatic rings. The molecule has 0 bridgehead atoms. The number of aromatic nitrogens is 1. The standard InChI is InChI=1S/C13H23N3O2/c1-8(2)5-11(7-14)6-12(17)15-13-9(3)10(4)16-18-13/h8,11H,5-7,14H2,1-4H3,(H,15,17). The highest BCUT2D eigenvalue weighted by atomic mass is 16.5. The van der Waals surface area contributed by atoms with Gasteiger partial charge in [-0.2, -0.15) is 0 Å². The maximum Gasteiger partial charge on any atom is 0.234 e. The molecule has 0 spiro atoms. The van der Waals surface area contributed by atoms with Crippen molar-refractivity contribution in [3.05, 3.63) is 11.3 Å². The molecule has 0 saturated carbocycles. The molecule has 0 aliphatic heterocycles. The van der Waals surface area contributed by atoms with Gasteiger partial charge in [-0.1, -0.05) is 19.0 Å². The van der Waals surface area contributed by atoms with Crippen molar-refractivity contribution in [2.75, 3.05) is 11.9 Å². The molecular formula is C13H23N3O2. The first-order valence-corrected chi connectivity index (χ1v) is 6.36. The summed E-state index contributed by atoms with van der Waals surface area (Å²) in [6.07, 6.45) is 1.38. The first kappa shape index (κ1) is 14.7. The average molecular weight is 253 g/mol. The fourth-order valence-electron chi connectivity index (χ4n) is 1.90. The van der Waals surface area contributed by atoms with Crippen LogP contribution in [0.25, 0.3) is 0 Å². The number of nitrogens with zero attached hydrogens (tertiary/aromatic N) is 1. The summed E-state index contributed by atoms with van der Waals surface area (Å²) in [5, 5.41) is 6.55. The van der Waals surface area contributed by atoms with Crippen molar-refractivity contribution in [3.63, 3.8) is 0 Å². The van der Waals surface area contributed by atoms with Crippen LogP contribution in [-0.4, -0.2) is 17.6 Å². The molecule has 1 rings (SSSR count). The minimum Gasteiger partial charge on any atom is -0.338 e. The van der Waals surface area contributed by atoms with Gasteiger partial charge >= 0.3 is 0 Å². The fraction of sp³-hybridized carbons (Fsp3) is 0.692. The summed E-state index contributed by atoms with van der Waals surface area (Å²) in [5.41, 5.74) is 7.35. The molecule has 0 radical (unpaired) electrons. The zero-order chi connectivity index (χ0) is 13.7. The minimum atomic E-state index is -0.0645. The van der Waals surface area contributed by atoms with E-state index < -0.39 is 0 Å². The van der Waals surface area contributed by atoms with Crippen LogP contribution in [0.3, 0.4) is 0 Å². The third-order valence-electron chi connectivity index (χ3n) is 3.02. The number of carbonyl (C=O) groups excluding carboxylic acids is 1. The number of aryl methyl sites for hydroxylation is 1. The lowest BCUT2D eigenvalue weighted by molar-refractivity contribution is -0.117. The predicted octanol–water partition coefficient (Wildman–Crippen LogP) is 2.24. The van der Waals surface area contributed by atoms with E-state index in [-0.39, 0.29) is 11.8 Å². The van der Waals surface area contributed by atoms with Crippen LogP contribution in [-0.2, 0) is 4.79 Å². The number of amides is 1. The molecule has 0 saturated heterocycles. The molecular weight excluding hydrogens is 230 g/mol. The highest BCUT2D eigenvalue weighted by Crippen LogP contribution is 2.19. The normalized spacial score (nSPS) is 12.8. The van der Waals surface area contributed by atoms with Crippen LogP contribution < -0.4 is 11.1 Å². The Labute approximate surface area is 108 Å². The highest BCUT2D eigenvalue weighted by molar-refractivity contribution is 5.90. The molecule has 1 amide bonds. The largest absolute Gasteiger partial charge is 0.338 e. The SMILES string of the molecule is Cc1noc(NC(=O)CC(CN)CC(C)C)c1C. The van der Waals surface area contributed by atoms with Gasteiger partial charge in [-0.3, -0.25) is 10.1 Å². The Kier molecular flexibility index (Phi) is 5.34. The van der Waals surface area contributed by atoms with Crippen LogP contribution in [0.1, 0.15) is 37.9 Å². The Balaban J connectivity index is 2.53. The topological polar surface area (TPSA) is 81.2 Å². The number of hydrogen-bond acceptors (Lipinski definition) is 4. The van der Waals surface area contributed by atoms with Crippen molar-refractivity contribution in [1.29, 1.82) is 0 Å². The Hall–Kier alpha value is -1.36. The Morgan fingerprint density at radius 3 is 2.56 bits per heavy atom. The molecule has 1 aromatic heterocycles. The van der Waals surface area contributed by atoms with E-state index in [2.05, 4.69) is 24.3 Å². The third-order valence-corrected chi connectivity index (χ3v) is 3.02. The number of anilines is 1. The maximum atomic E-state index is 11.9. The molecule has 5 heteroatoms. The summed E-state index contributed by atoms with van der Waals surface area (Å²) >= 11 is 0. The van der Waals surface area contributed by atoms with Crippen LogP contribution in [0.4, 0.5) is 5.88 Å². The first-order chi connectivity index (χ1) is 8.43. The summed E-state index contributed by atoms with van der Waals surface area (Å²) in [5.74, 6) is 1.14. The van der Waals surface area contributed by atoms with Crippen LogP contribution in [0, 0.1) is 25.7 Å². The second kappa shape index (κ2) is 6.54. The van der Waals surface area contributed by atoms with Crippen molar-refractivity contribution in [2.24, 2.45) is 17.6 Å². The summed E-state index contributed by atoms with van der Waals surface area (Å²) in [7, 11) is 0. The number of carbonyl (C=O) groups is 1. The lowest BCUT2D eigenvalue weighted by atomic mass is 9.94. The summed E-state index contributed by atoms with van der Waals surface area (Å²) in [6.45, 7) is 8.50. The quantitative estimate of drug-likeness (QED) is 0.814. The fourth-order valence-corrected chi connectivity index (χ4v) is 1.90. The van der Waals surface area contributed by atoms with Crippen molar-refractivity contribution < 1.29 is 9.32 Å². The van der Waals surface area contributed by atoms with Gasteiger partial charge in [0.15, 0.2) is 0 Å². The number of hydrogen-bond donors (Lipinski definition) is 2. The molecule has 5 nitrogen and oxygen atoms in total. The summed E-state index contributed by atoms with van der Waals surface area (Å²) < 4.78 is 5.05. The summed E-state index contributed by atoms with van der Waals surface area (Å²) in [6, 6.07) is 0. The number of nitrogens with one attached hydrogen (secondary N) is 1. The van der Waals surface area contributed by atoms with Gasteiger partial charge in [-0.05, 0) is 38.6 Å². The van der Waals surface area contributed by atoms with Gasteiger partial charge in [0, 0.05) is 12.0 Å². The molecule has 0 fully saturated rings. The second-order valence-corrected chi connectivity index (χ2v) is 5.21. The highest BCUT2D eigenvalue weighted by Gasteiger charge is 2.17. The van der Waals surface area contributed by atoms with E-state index in [0.717, 1.165) is 17.7 Å². The van der Waals surface area contributed by atoms with E-state index in [0.29, 0.717) is 24.8 Å². The van der Waals surface area contributed by atoms with E-state index in [1.165, 1.54) is 0 Å². The molecule has 1 unspecified atom stereocenters. The van der Waals surface area contributed by atoms with Crippen molar-refractivity contribution >= 4 is 11.8 Å². The predicted molar refractivity (Wildman–Crippen MR) is 71.2 cm³/mol. The van der Waals surface area contributed by atoms with E-state index in [1.807, 2.05) is 13.8 Å². The zero-order valence-corrected chi connectivity index (χ0v) is 11.6.